The first-order valence-corrected chi connectivity index (χ1v) is 23.0. The second-order valence-electron chi connectivity index (χ2n) is 19.4. The molecule has 380 valence electrons. The second-order valence-corrected chi connectivity index (χ2v) is 19.4. The zero-order valence-electron chi connectivity index (χ0n) is 39.3. The van der Waals surface area contributed by atoms with Crippen molar-refractivity contribution in [3.8, 4) is 0 Å². The topological polar surface area (TPSA) is 306 Å². The molecule has 1 amide bonds. The van der Waals surface area contributed by atoms with Gasteiger partial charge in [0.25, 0.3) is 11.0 Å². The Hall–Kier alpha value is -6.17. The van der Waals surface area contributed by atoms with Crippen molar-refractivity contribution in [1.29, 1.82) is 0 Å². The highest BCUT2D eigenvalue weighted by Crippen LogP contribution is 2.65. The van der Waals surface area contributed by atoms with Crippen LogP contribution in [0, 0.1) is 26.9 Å². The van der Waals surface area contributed by atoms with Gasteiger partial charge >= 0.3 is 17.9 Å². The number of amides is 1. The first-order valence-electron chi connectivity index (χ1n) is 23.0. The fourth-order valence-electron chi connectivity index (χ4n) is 11.4. The molecule has 2 aliphatic heterocycles. The number of hydrogen-bond acceptors (Lipinski definition) is 19. The van der Waals surface area contributed by atoms with Crippen molar-refractivity contribution in [2.24, 2.45) is 16.7 Å². The molecule has 21 nitrogen and oxygen atoms in total. The molecular weight excluding hydrogens is 933 g/mol. The van der Waals surface area contributed by atoms with E-state index in [-0.39, 0.29) is 28.7 Å². The van der Waals surface area contributed by atoms with Gasteiger partial charge in [-0.1, -0.05) is 80.6 Å². The number of carbonyl (C=O) groups is 5. The number of aliphatic hydroxyl groups excluding tert-OH is 4. The fourth-order valence-corrected chi connectivity index (χ4v) is 11.4. The van der Waals surface area contributed by atoms with Crippen molar-refractivity contribution in [3.63, 3.8) is 0 Å². The smallest absolute Gasteiger partial charge is 0.338 e. The summed E-state index contributed by atoms with van der Waals surface area (Å²) in [5.74, 6) is -6.59. The van der Waals surface area contributed by atoms with Crippen molar-refractivity contribution in [1.82, 2.24) is 5.32 Å². The third-order valence-corrected chi connectivity index (χ3v) is 15.1. The summed E-state index contributed by atoms with van der Waals surface area (Å²) in [4.78, 5) is 87.5. The van der Waals surface area contributed by atoms with E-state index in [1.165, 1.54) is 52.0 Å². The van der Waals surface area contributed by atoms with E-state index in [1.54, 1.807) is 66.7 Å². The highest BCUT2D eigenvalue weighted by molar-refractivity contribution is 5.95. The van der Waals surface area contributed by atoms with Gasteiger partial charge in [0.05, 0.1) is 42.3 Å². The average molecular weight is 989 g/mol. The number of esters is 3. The Labute approximate surface area is 406 Å². The molecule has 71 heavy (non-hydrogen) atoms. The van der Waals surface area contributed by atoms with Gasteiger partial charge in [-0.3, -0.25) is 14.4 Å². The van der Waals surface area contributed by atoms with Crippen LogP contribution in [0.5, 0.6) is 0 Å². The van der Waals surface area contributed by atoms with Gasteiger partial charge in [0.15, 0.2) is 29.9 Å². The largest absolute Gasteiger partial charge is 0.456 e. The Balaban J connectivity index is 1.26. The minimum atomic E-state index is -2.53. The molecule has 4 fully saturated rings. The van der Waals surface area contributed by atoms with Crippen LogP contribution in [-0.4, -0.2) is 146 Å². The molecule has 2 bridgehead atoms. The molecule has 2 heterocycles. The van der Waals surface area contributed by atoms with Crippen LogP contribution in [0.3, 0.4) is 0 Å². The number of rotatable bonds is 13. The molecule has 6 N–H and O–H groups in total. The molecule has 0 radical (unpaired) electrons. The SMILES string of the molecule is CC(=O)O[C@@]12CO[C@@H]1C[C@H](O[C@H]1OC[C@H](O)[C@@H](O[N+](=O)[O-])[C@@H]1O)[C@@]1(C)C(=O)[C@H](O)C3=C(C)[C@@H](OC(=O)[C@H](O)[C@@H](NC(=O)c4ccccc4)c4ccccc4)C[C@@](O)([C@@H](OC(=O)c4ccccc4)[C@H]21)C3(C)C. The number of nitrogens with zero attached hydrogens (tertiary/aromatic N) is 1. The lowest BCUT2D eigenvalue weighted by Crippen LogP contribution is -2.82. The maximum absolute atomic E-state index is 15.8. The standard InChI is InChI=1S/C50H56N2O19/c1-25-31(67-45(61)37(56)35(27-15-9-6-10-16-27)51-43(59)28-17-11-7-12-18-28)22-50(62)42(69-44(60)29-19-13-8-14-20-29)40-48(5,41(58)36(55)34(25)47(50,3)4)32(21-33-49(40,24-66-33)70-26(2)53)68-46-38(57)39(71-52(63)64)30(54)23-65-46/h6-20,30-33,35-40,42,46,54-57,62H,21-24H2,1-5H3,(H,51,59)/t30-,31-,32-,33+,35-,36+,37+,38-,39+,40-,42-,46+,48+,49-,50+/m0/s1. The van der Waals surface area contributed by atoms with Crippen LogP contribution in [0.1, 0.15) is 79.8 Å². The summed E-state index contributed by atoms with van der Waals surface area (Å²) in [6.07, 6.45) is -19.1. The molecule has 0 aromatic heterocycles. The molecule has 2 saturated carbocycles. The van der Waals surface area contributed by atoms with E-state index in [9.17, 15) is 54.8 Å². The highest BCUT2D eigenvalue weighted by Gasteiger charge is 2.78. The van der Waals surface area contributed by atoms with Crippen LogP contribution < -0.4 is 5.32 Å². The fraction of sp³-hybridized carbons (Fsp3) is 0.500. The number of nitrogens with one attached hydrogen (secondary N) is 1. The zero-order chi connectivity index (χ0) is 51.4. The van der Waals surface area contributed by atoms with E-state index in [2.05, 4.69) is 10.2 Å². The molecule has 2 saturated heterocycles. The Morgan fingerprint density at radius 1 is 0.887 bits per heavy atom. The van der Waals surface area contributed by atoms with Gasteiger partial charge in [-0.15, -0.1) is 10.1 Å². The number of aliphatic hydroxyl groups is 5. The predicted octanol–water partition coefficient (Wildman–Crippen LogP) is 1.84. The van der Waals surface area contributed by atoms with Crippen LogP contribution in [-0.2, 0) is 47.6 Å². The van der Waals surface area contributed by atoms with Crippen LogP contribution >= 0.6 is 0 Å². The van der Waals surface area contributed by atoms with E-state index >= 15 is 4.79 Å². The third-order valence-electron chi connectivity index (χ3n) is 15.1. The lowest BCUT2D eigenvalue weighted by Gasteiger charge is -2.68. The third kappa shape index (κ3) is 8.87. The molecule has 0 unspecified atom stereocenters. The Bertz CT molecular complexity index is 2560. The number of Topliss-reactive ketones (excluding diaryl/α,β-unsaturated/α-hetero) is 1. The zero-order valence-corrected chi connectivity index (χ0v) is 39.3. The van der Waals surface area contributed by atoms with E-state index in [1.807, 2.05) is 0 Å². The Morgan fingerprint density at radius 3 is 2.07 bits per heavy atom. The molecule has 15 atom stereocenters. The van der Waals surface area contributed by atoms with Crippen molar-refractivity contribution in [3.05, 3.63) is 129 Å². The van der Waals surface area contributed by atoms with Crippen molar-refractivity contribution >= 4 is 29.6 Å². The normalized spacial score (nSPS) is 34.8. The summed E-state index contributed by atoms with van der Waals surface area (Å²) in [6, 6.07) is 22.4. The number of benzene rings is 3. The number of ketones is 1. The molecule has 21 heteroatoms. The van der Waals surface area contributed by atoms with Gasteiger partial charge in [0, 0.05) is 30.7 Å². The summed E-state index contributed by atoms with van der Waals surface area (Å²) in [7, 11) is 0. The van der Waals surface area contributed by atoms with Crippen molar-refractivity contribution < 1.29 is 87.9 Å². The highest BCUT2D eigenvalue weighted by atomic mass is 17.0. The van der Waals surface area contributed by atoms with Gasteiger partial charge in [0.1, 0.15) is 42.2 Å². The van der Waals surface area contributed by atoms with Gasteiger partial charge in [-0.25, -0.2) is 9.59 Å². The van der Waals surface area contributed by atoms with Crippen LogP contribution in [0.4, 0.5) is 0 Å². The van der Waals surface area contributed by atoms with Gasteiger partial charge in [-0.05, 0) is 54.8 Å². The van der Waals surface area contributed by atoms with E-state index in [0.29, 0.717) is 5.56 Å². The maximum atomic E-state index is 15.8. The number of hydrogen-bond donors (Lipinski definition) is 6. The van der Waals surface area contributed by atoms with E-state index < -0.39 is 150 Å². The first-order chi connectivity index (χ1) is 33.6. The second kappa shape index (κ2) is 19.4. The maximum Gasteiger partial charge on any atom is 0.338 e. The van der Waals surface area contributed by atoms with Crippen molar-refractivity contribution in [2.45, 2.75) is 126 Å². The minimum absolute atomic E-state index is 0.0111. The van der Waals surface area contributed by atoms with Crippen LogP contribution in [0.15, 0.2) is 102 Å². The van der Waals surface area contributed by atoms with Crippen molar-refractivity contribution in [2.75, 3.05) is 13.2 Å². The van der Waals surface area contributed by atoms with Crippen LogP contribution in [0.25, 0.3) is 0 Å². The van der Waals surface area contributed by atoms with Gasteiger partial charge in [-0.2, -0.15) is 0 Å². The minimum Gasteiger partial charge on any atom is -0.456 e. The van der Waals surface area contributed by atoms with Gasteiger partial charge < -0.3 is 64.1 Å². The number of carbonyl (C=O) groups excluding carboxylic acids is 5. The quantitative estimate of drug-likeness (QED) is 0.0468. The summed E-state index contributed by atoms with van der Waals surface area (Å²) < 4.78 is 36.7. The first kappa shape index (κ1) is 51.2. The molecule has 3 aromatic rings. The molecule has 8 rings (SSSR count). The Kier molecular flexibility index (Phi) is 14.0. The lowest BCUT2D eigenvalue weighted by atomic mass is 9.44. The predicted molar refractivity (Wildman–Crippen MR) is 241 cm³/mol. The summed E-state index contributed by atoms with van der Waals surface area (Å²) >= 11 is 0. The summed E-state index contributed by atoms with van der Waals surface area (Å²) in [5, 5.41) is 73.1. The van der Waals surface area contributed by atoms with Gasteiger partial charge in [0.2, 0.25) is 0 Å². The monoisotopic (exact) mass is 988 g/mol. The number of fused-ring (bicyclic) bond motifs is 5. The molecule has 3 aliphatic carbocycles. The van der Waals surface area contributed by atoms with E-state index in [0.717, 1.165) is 6.92 Å². The van der Waals surface area contributed by atoms with E-state index in [4.69, 9.17) is 28.4 Å². The molecule has 5 aliphatic rings. The lowest BCUT2D eigenvalue weighted by molar-refractivity contribution is -0.774. The summed E-state index contributed by atoms with van der Waals surface area (Å²) in [5.41, 5.74) is -8.07. The van der Waals surface area contributed by atoms with Crippen LogP contribution in [0.2, 0.25) is 0 Å². The Morgan fingerprint density at radius 2 is 1.49 bits per heavy atom. The average Bonchev–Trinajstić information content (AvgIpc) is 3.33. The molecular formula is C50H56N2O19. The number of ether oxygens (including phenoxy) is 6. The molecule has 0 spiro atoms. The molecule has 3 aromatic carbocycles. The summed E-state index contributed by atoms with van der Waals surface area (Å²) in [6.45, 7) is 5.79.